The standard InChI is InChI=1S/C16H24N4S/c1-12-14-8-13(10-18-15(14)20(2)19-12)9-17-11-16(21-3)6-4-5-7-16/h8,10,17H,4-7,9,11H2,1-3H3. The first kappa shape index (κ1) is 14.9. The molecule has 0 spiro atoms. The zero-order valence-corrected chi connectivity index (χ0v) is 14.0. The van der Waals surface area contributed by atoms with Crippen LogP contribution >= 0.6 is 11.8 Å². The summed E-state index contributed by atoms with van der Waals surface area (Å²) in [6.07, 6.45) is 9.67. The number of hydrogen-bond donors (Lipinski definition) is 1. The first-order valence-electron chi connectivity index (χ1n) is 7.68. The Morgan fingerprint density at radius 2 is 2.14 bits per heavy atom. The zero-order chi connectivity index (χ0) is 14.9. The lowest BCUT2D eigenvalue weighted by Crippen LogP contribution is -2.34. The quantitative estimate of drug-likeness (QED) is 0.922. The molecule has 114 valence electrons. The van der Waals surface area contributed by atoms with E-state index in [0.29, 0.717) is 4.75 Å². The van der Waals surface area contributed by atoms with Gasteiger partial charge in [-0.3, -0.25) is 4.68 Å². The summed E-state index contributed by atoms with van der Waals surface area (Å²) in [5, 5.41) is 9.23. The molecule has 0 unspecified atom stereocenters. The molecular formula is C16H24N4S. The summed E-state index contributed by atoms with van der Waals surface area (Å²) in [6.45, 7) is 4.03. The van der Waals surface area contributed by atoms with Crippen molar-refractivity contribution in [1.82, 2.24) is 20.1 Å². The van der Waals surface area contributed by atoms with E-state index < -0.39 is 0 Å². The second kappa shape index (κ2) is 5.97. The molecule has 1 aliphatic rings. The Balaban J connectivity index is 1.66. The molecule has 1 fully saturated rings. The van der Waals surface area contributed by atoms with Crippen LogP contribution in [-0.4, -0.2) is 32.3 Å². The number of pyridine rings is 1. The Hall–Kier alpha value is -1.07. The van der Waals surface area contributed by atoms with Crippen molar-refractivity contribution in [3.05, 3.63) is 23.5 Å². The van der Waals surface area contributed by atoms with Crippen LogP contribution in [0, 0.1) is 6.92 Å². The van der Waals surface area contributed by atoms with Gasteiger partial charge in [-0.15, -0.1) is 0 Å². The van der Waals surface area contributed by atoms with Crippen LogP contribution in [0.3, 0.4) is 0 Å². The Kier molecular flexibility index (Phi) is 4.22. The van der Waals surface area contributed by atoms with Crippen LogP contribution < -0.4 is 5.32 Å². The fourth-order valence-corrected chi connectivity index (χ4v) is 4.30. The number of nitrogens with one attached hydrogen (secondary N) is 1. The zero-order valence-electron chi connectivity index (χ0n) is 13.1. The van der Waals surface area contributed by atoms with Gasteiger partial charge >= 0.3 is 0 Å². The highest BCUT2D eigenvalue weighted by Crippen LogP contribution is 2.39. The van der Waals surface area contributed by atoms with Crippen LogP contribution in [-0.2, 0) is 13.6 Å². The molecule has 0 aromatic carbocycles. The van der Waals surface area contributed by atoms with Crippen LogP contribution in [0.5, 0.6) is 0 Å². The number of nitrogens with zero attached hydrogens (tertiary/aromatic N) is 3. The summed E-state index contributed by atoms with van der Waals surface area (Å²) < 4.78 is 2.31. The van der Waals surface area contributed by atoms with Gasteiger partial charge in [0.2, 0.25) is 0 Å². The number of aryl methyl sites for hydroxylation is 2. The maximum atomic E-state index is 4.54. The summed E-state index contributed by atoms with van der Waals surface area (Å²) in [4.78, 5) is 4.54. The Morgan fingerprint density at radius 3 is 2.86 bits per heavy atom. The summed E-state index contributed by atoms with van der Waals surface area (Å²) in [7, 11) is 1.95. The van der Waals surface area contributed by atoms with E-state index >= 15 is 0 Å². The highest BCUT2D eigenvalue weighted by atomic mass is 32.2. The molecule has 0 amide bonds. The topological polar surface area (TPSA) is 42.7 Å². The third-order valence-corrected chi connectivity index (χ3v) is 6.06. The fraction of sp³-hybridized carbons (Fsp3) is 0.625. The number of thioether (sulfide) groups is 1. The van der Waals surface area contributed by atoms with Crippen molar-refractivity contribution in [2.24, 2.45) is 7.05 Å². The first-order valence-corrected chi connectivity index (χ1v) is 8.90. The molecule has 0 aliphatic heterocycles. The monoisotopic (exact) mass is 304 g/mol. The molecule has 1 N–H and O–H groups in total. The average molecular weight is 304 g/mol. The lowest BCUT2D eigenvalue weighted by Gasteiger charge is -2.27. The Labute approximate surface area is 130 Å². The second-order valence-corrected chi connectivity index (χ2v) is 7.40. The van der Waals surface area contributed by atoms with Crippen LogP contribution in [0.15, 0.2) is 12.3 Å². The minimum absolute atomic E-state index is 0.460. The van der Waals surface area contributed by atoms with Gasteiger partial charge in [0, 0.05) is 36.5 Å². The van der Waals surface area contributed by atoms with Gasteiger partial charge < -0.3 is 5.32 Å². The van der Waals surface area contributed by atoms with Crippen LogP contribution in [0.1, 0.15) is 36.9 Å². The molecule has 2 aromatic heterocycles. The Morgan fingerprint density at radius 1 is 1.38 bits per heavy atom. The van der Waals surface area contributed by atoms with E-state index in [1.165, 1.54) is 31.2 Å². The minimum Gasteiger partial charge on any atom is -0.311 e. The van der Waals surface area contributed by atoms with E-state index in [2.05, 4.69) is 27.7 Å². The van der Waals surface area contributed by atoms with Gasteiger partial charge in [0.1, 0.15) is 0 Å². The molecule has 0 atom stereocenters. The lowest BCUT2D eigenvalue weighted by molar-refractivity contribution is 0.533. The van der Waals surface area contributed by atoms with E-state index in [1.807, 2.05) is 36.6 Å². The molecule has 0 bridgehead atoms. The maximum Gasteiger partial charge on any atom is 0.157 e. The minimum atomic E-state index is 0.460. The van der Waals surface area contributed by atoms with Crippen molar-refractivity contribution in [3.63, 3.8) is 0 Å². The third-order valence-electron chi connectivity index (χ3n) is 4.64. The predicted octanol–water partition coefficient (Wildman–Crippen LogP) is 3.04. The summed E-state index contributed by atoms with van der Waals surface area (Å²) in [5.74, 6) is 0. The van der Waals surface area contributed by atoms with Crippen LogP contribution in [0.2, 0.25) is 0 Å². The maximum absolute atomic E-state index is 4.54. The summed E-state index contributed by atoms with van der Waals surface area (Å²) >= 11 is 2.03. The molecule has 0 radical (unpaired) electrons. The smallest absolute Gasteiger partial charge is 0.157 e. The molecule has 2 aromatic rings. The van der Waals surface area contributed by atoms with Crippen LogP contribution in [0.4, 0.5) is 0 Å². The van der Waals surface area contributed by atoms with Crippen LogP contribution in [0.25, 0.3) is 11.0 Å². The fourth-order valence-electron chi connectivity index (χ4n) is 3.35. The predicted molar refractivity (Wildman–Crippen MR) is 89.7 cm³/mol. The van der Waals surface area contributed by atoms with Gasteiger partial charge in [-0.05, 0) is 37.7 Å². The SMILES string of the molecule is CSC1(CNCc2cnc3c(c2)c(C)nn3C)CCCC1. The van der Waals surface area contributed by atoms with Crippen molar-refractivity contribution >= 4 is 22.8 Å². The van der Waals surface area contributed by atoms with Crippen molar-refractivity contribution in [3.8, 4) is 0 Å². The molecule has 3 rings (SSSR count). The number of aromatic nitrogens is 3. The van der Waals surface area contributed by atoms with E-state index in [4.69, 9.17) is 0 Å². The molecule has 1 aliphatic carbocycles. The van der Waals surface area contributed by atoms with Gasteiger partial charge in [0.15, 0.2) is 5.65 Å². The largest absolute Gasteiger partial charge is 0.311 e. The number of rotatable bonds is 5. The molecule has 4 nitrogen and oxygen atoms in total. The second-order valence-electron chi connectivity index (χ2n) is 6.12. The molecule has 1 saturated carbocycles. The normalized spacial score (nSPS) is 17.7. The summed E-state index contributed by atoms with van der Waals surface area (Å²) in [5.41, 5.74) is 3.26. The Bertz CT molecular complexity index is 628. The molecular weight excluding hydrogens is 280 g/mol. The van der Waals surface area contributed by atoms with E-state index in [1.54, 1.807) is 0 Å². The van der Waals surface area contributed by atoms with E-state index in [0.717, 1.165) is 29.8 Å². The van der Waals surface area contributed by atoms with Gasteiger partial charge in [0.05, 0.1) is 5.69 Å². The molecule has 21 heavy (non-hydrogen) atoms. The van der Waals surface area contributed by atoms with Gasteiger partial charge in [0.25, 0.3) is 0 Å². The highest BCUT2D eigenvalue weighted by Gasteiger charge is 2.32. The van der Waals surface area contributed by atoms with Crippen molar-refractivity contribution in [1.29, 1.82) is 0 Å². The van der Waals surface area contributed by atoms with Gasteiger partial charge in [-0.25, -0.2) is 4.98 Å². The molecule has 0 saturated heterocycles. The van der Waals surface area contributed by atoms with Crippen molar-refractivity contribution in [2.45, 2.75) is 43.9 Å². The van der Waals surface area contributed by atoms with E-state index in [-0.39, 0.29) is 0 Å². The summed E-state index contributed by atoms with van der Waals surface area (Å²) in [6, 6.07) is 2.22. The number of fused-ring (bicyclic) bond motifs is 1. The highest BCUT2D eigenvalue weighted by molar-refractivity contribution is 8.00. The molecule has 2 heterocycles. The third kappa shape index (κ3) is 2.94. The first-order chi connectivity index (χ1) is 10.1. The average Bonchev–Trinajstić information content (AvgIpc) is 3.06. The lowest BCUT2D eigenvalue weighted by atomic mass is 10.1. The van der Waals surface area contributed by atoms with Crippen molar-refractivity contribution in [2.75, 3.05) is 12.8 Å². The van der Waals surface area contributed by atoms with Gasteiger partial charge in [-0.1, -0.05) is 12.8 Å². The van der Waals surface area contributed by atoms with Gasteiger partial charge in [-0.2, -0.15) is 16.9 Å². The molecule has 5 heteroatoms. The van der Waals surface area contributed by atoms with E-state index in [9.17, 15) is 0 Å². The number of hydrogen-bond acceptors (Lipinski definition) is 4. The van der Waals surface area contributed by atoms with Crippen molar-refractivity contribution < 1.29 is 0 Å².